The van der Waals surface area contributed by atoms with Gasteiger partial charge in [-0.3, -0.25) is 4.79 Å². The van der Waals surface area contributed by atoms with Crippen molar-refractivity contribution in [3.8, 4) is 23.0 Å². The van der Waals surface area contributed by atoms with Gasteiger partial charge in [0.1, 0.15) is 23.9 Å². The molecular formula is C20H15F2NO6. The second kappa shape index (κ2) is 8.09. The lowest BCUT2D eigenvalue weighted by Crippen LogP contribution is -2.13. The quantitative estimate of drug-likeness (QED) is 0.628. The first kappa shape index (κ1) is 18.6. The van der Waals surface area contributed by atoms with Crippen molar-refractivity contribution in [1.29, 1.82) is 0 Å². The third kappa shape index (κ3) is 4.40. The fourth-order valence-electron chi connectivity index (χ4n) is 2.65. The molecule has 9 heteroatoms. The zero-order valence-electron chi connectivity index (χ0n) is 14.9. The van der Waals surface area contributed by atoms with E-state index in [1.165, 1.54) is 24.3 Å². The van der Waals surface area contributed by atoms with Crippen LogP contribution in [0.5, 0.6) is 23.0 Å². The smallest absolute Gasteiger partial charge is 0.387 e. The summed E-state index contributed by atoms with van der Waals surface area (Å²) in [5, 5.41) is 2.49. The van der Waals surface area contributed by atoms with Crippen LogP contribution >= 0.6 is 0 Å². The Labute approximate surface area is 163 Å². The maximum absolute atomic E-state index is 12.5. The summed E-state index contributed by atoms with van der Waals surface area (Å²) >= 11 is 0. The largest absolute Gasteiger partial charge is 0.486 e. The number of carbonyl (C=O) groups is 1. The van der Waals surface area contributed by atoms with Gasteiger partial charge in [-0.2, -0.15) is 8.78 Å². The molecule has 1 amide bonds. The Kier molecular flexibility index (Phi) is 5.19. The number of furan rings is 1. The van der Waals surface area contributed by atoms with Crippen LogP contribution in [0.2, 0.25) is 0 Å². The molecule has 1 N–H and O–H groups in total. The number of rotatable bonds is 7. The van der Waals surface area contributed by atoms with E-state index >= 15 is 0 Å². The number of halogens is 2. The molecule has 7 nitrogen and oxygen atoms in total. The van der Waals surface area contributed by atoms with Crippen molar-refractivity contribution >= 4 is 11.6 Å². The van der Waals surface area contributed by atoms with Crippen LogP contribution in [-0.2, 0) is 6.61 Å². The van der Waals surface area contributed by atoms with Crippen LogP contribution in [0, 0.1) is 0 Å². The van der Waals surface area contributed by atoms with Crippen molar-refractivity contribution in [2.75, 3.05) is 12.1 Å². The van der Waals surface area contributed by atoms with Gasteiger partial charge in [0, 0.05) is 6.07 Å². The summed E-state index contributed by atoms with van der Waals surface area (Å²) in [5.41, 5.74) is 0.104. The number of anilines is 1. The highest BCUT2D eigenvalue weighted by atomic mass is 19.3. The van der Waals surface area contributed by atoms with Gasteiger partial charge in [-0.05, 0) is 36.4 Å². The molecule has 1 aromatic heterocycles. The molecule has 0 saturated carbocycles. The molecule has 29 heavy (non-hydrogen) atoms. The average molecular weight is 403 g/mol. The van der Waals surface area contributed by atoms with Gasteiger partial charge in [0.2, 0.25) is 6.79 Å². The first-order valence-corrected chi connectivity index (χ1v) is 8.55. The number of hydrogen-bond donors (Lipinski definition) is 1. The topological polar surface area (TPSA) is 79.2 Å². The molecule has 4 rings (SSSR count). The average Bonchev–Trinajstić information content (AvgIpc) is 3.36. The van der Waals surface area contributed by atoms with E-state index < -0.39 is 12.5 Å². The SMILES string of the molecule is O=C(Nc1ccccc1OC(F)F)c1ccc(COc2ccc3c(c2)OCO3)o1. The zero-order valence-corrected chi connectivity index (χ0v) is 14.9. The predicted molar refractivity (Wildman–Crippen MR) is 96.6 cm³/mol. The van der Waals surface area contributed by atoms with Crippen LogP contribution in [-0.4, -0.2) is 19.3 Å². The van der Waals surface area contributed by atoms with Crippen molar-refractivity contribution < 1.29 is 36.9 Å². The molecule has 1 aliphatic rings. The molecule has 0 bridgehead atoms. The highest BCUT2D eigenvalue weighted by Gasteiger charge is 2.17. The molecule has 0 atom stereocenters. The number of para-hydroxylation sites is 2. The maximum atomic E-state index is 12.5. The van der Waals surface area contributed by atoms with Crippen LogP contribution in [0.15, 0.2) is 59.0 Å². The standard InChI is InChI=1S/C20H15F2NO6/c21-20(22)29-15-4-2-1-3-14(15)23-19(24)17-8-6-13(28-17)10-25-12-5-7-16-18(9-12)27-11-26-16/h1-9,20H,10-11H2,(H,23,24). The molecule has 1 aliphatic heterocycles. The highest BCUT2D eigenvalue weighted by molar-refractivity contribution is 6.03. The third-order valence-corrected chi connectivity index (χ3v) is 3.96. The van der Waals surface area contributed by atoms with Gasteiger partial charge in [-0.15, -0.1) is 0 Å². The lowest BCUT2D eigenvalue weighted by atomic mass is 10.3. The van der Waals surface area contributed by atoms with E-state index in [-0.39, 0.29) is 30.6 Å². The van der Waals surface area contributed by atoms with E-state index in [1.807, 2.05) is 0 Å². The van der Waals surface area contributed by atoms with Gasteiger partial charge in [0.15, 0.2) is 17.3 Å². The van der Waals surface area contributed by atoms with Crippen LogP contribution in [0.1, 0.15) is 16.3 Å². The second-order valence-corrected chi connectivity index (χ2v) is 5.90. The molecule has 0 fully saturated rings. The Hall–Kier alpha value is -3.75. The second-order valence-electron chi connectivity index (χ2n) is 5.90. The number of fused-ring (bicyclic) bond motifs is 1. The van der Waals surface area contributed by atoms with Crippen molar-refractivity contribution in [2.45, 2.75) is 13.2 Å². The number of alkyl halides is 2. The Balaban J connectivity index is 1.38. The summed E-state index contributed by atoms with van der Waals surface area (Å²) in [5.74, 6) is 1.44. The summed E-state index contributed by atoms with van der Waals surface area (Å²) in [6.45, 7) is -2.75. The van der Waals surface area contributed by atoms with E-state index in [9.17, 15) is 13.6 Å². The number of benzene rings is 2. The van der Waals surface area contributed by atoms with Gasteiger partial charge in [0.25, 0.3) is 5.91 Å². The molecule has 0 saturated heterocycles. The number of nitrogens with one attached hydrogen (secondary N) is 1. The minimum atomic E-state index is -3.00. The van der Waals surface area contributed by atoms with E-state index in [0.29, 0.717) is 23.0 Å². The molecule has 0 unspecified atom stereocenters. The summed E-state index contributed by atoms with van der Waals surface area (Å²) in [6.07, 6.45) is 0. The molecular weight excluding hydrogens is 388 g/mol. The minimum Gasteiger partial charge on any atom is -0.486 e. The molecule has 0 radical (unpaired) electrons. The first-order valence-electron chi connectivity index (χ1n) is 8.55. The maximum Gasteiger partial charge on any atom is 0.387 e. The number of carbonyl (C=O) groups excluding carboxylic acids is 1. The van der Waals surface area contributed by atoms with Gasteiger partial charge in [-0.1, -0.05) is 12.1 Å². The molecule has 2 aromatic carbocycles. The van der Waals surface area contributed by atoms with E-state index in [0.717, 1.165) is 0 Å². The lowest BCUT2D eigenvalue weighted by molar-refractivity contribution is -0.0493. The van der Waals surface area contributed by atoms with Crippen molar-refractivity contribution in [1.82, 2.24) is 0 Å². The fraction of sp³-hybridized carbons (Fsp3) is 0.150. The van der Waals surface area contributed by atoms with Crippen molar-refractivity contribution in [3.05, 3.63) is 66.1 Å². The van der Waals surface area contributed by atoms with Crippen LogP contribution < -0.4 is 24.3 Å². The monoisotopic (exact) mass is 403 g/mol. The summed E-state index contributed by atoms with van der Waals surface area (Å²) in [7, 11) is 0. The number of hydrogen-bond acceptors (Lipinski definition) is 6. The summed E-state index contributed by atoms with van der Waals surface area (Å²) < 4.78 is 51.0. The molecule has 0 spiro atoms. The Morgan fingerprint density at radius 1 is 1.07 bits per heavy atom. The van der Waals surface area contributed by atoms with Gasteiger partial charge in [-0.25, -0.2) is 0 Å². The normalized spacial score (nSPS) is 12.1. The van der Waals surface area contributed by atoms with Gasteiger partial charge in [0.05, 0.1) is 5.69 Å². The summed E-state index contributed by atoms with van der Waals surface area (Å²) in [4.78, 5) is 12.3. The summed E-state index contributed by atoms with van der Waals surface area (Å²) in [6, 6.07) is 14.1. The molecule has 0 aliphatic carbocycles. The van der Waals surface area contributed by atoms with E-state index in [4.69, 9.17) is 18.6 Å². The van der Waals surface area contributed by atoms with Crippen LogP contribution in [0.3, 0.4) is 0 Å². The Morgan fingerprint density at radius 2 is 1.90 bits per heavy atom. The van der Waals surface area contributed by atoms with Crippen molar-refractivity contribution in [2.24, 2.45) is 0 Å². The predicted octanol–water partition coefficient (Wildman–Crippen LogP) is 4.44. The highest BCUT2D eigenvalue weighted by Crippen LogP contribution is 2.35. The molecule has 3 aromatic rings. The molecule has 2 heterocycles. The van der Waals surface area contributed by atoms with E-state index in [2.05, 4.69) is 10.1 Å². The Bertz CT molecular complexity index is 1020. The Morgan fingerprint density at radius 3 is 2.76 bits per heavy atom. The van der Waals surface area contributed by atoms with Crippen molar-refractivity contribution in [3.63, 3.8) is 0 Å². The lowest BCUT2D eigenvalue weighted by Gasteiger charge is -2.10. The fourth-order valence-corrected chi connectivity index (χ4v) is 2.65. The number of ether oxygens (including phenoxy) is 4. The number of amides is 1. The van der Waals surface area contributed by atoms with Crippen LogP contribution in [0.25, 0.3) is 0 Å². The zero-order chi connectivity index (χ0) is 20.2. The minimum absolute atomic E-state index is 0.00105. The third-order valence-electron chi connectivity index (χ3n) is 3.96. The van der Waals surface area contributed by atoms with Crippen LogP contribution in [0.4, 0.5) is 14.5 Å². The first-order chi connectivity index (χ1) is 14.1. The van der Waals surface area contributed by atoms with E-state index in [1.54, 1.807) is 30.3 Å². The van der Waals surface area contributed by atoms with Gasteiger partial charge >= 0.3 is 6.61 Å². The molecule has 150 valence electrons. The van der Waals surface area contributed by atoms with Gasteiger partial charge < -0.3 is 28.7 Å².